The summed E-state index contributed by atoms with van der Waals surface area (Å²) in [5.74, 6) is 1.14. The van der Waals surface area contributed by atoms with E-state index < -0.39 is 11.7 Å². The van der Waals surface area contributed by atoms with Gasteiger partial charge < -0.3 is 19.3 Å². The Bertz CT molecular complexity index is 854. The zero-order chi connectivity index (χ0) is 22.1. The number of aliphatic hydroxyl groups excluding tert-OH is 1. The quantitative estimate of drug-likeness (QED) is 0.335. The van der Waals surface area contributed by atoms with Gasteiger partial charge in [0.2, 0.25) is 5.88 Å². The number of ether oxygens (including phenoxy) is 3. The Hall–Kier alpha value is -2.32. The van der Waals surface area contributed by atoms with Gasteiger partial charge in [-0.15, -0.1) is 0 Å². The molecular formula is C20H20Cl2F3NO4. The van der Waals surface area contributed by atoms with Crippen LogP contribution >= 0.6 is 23.2 Å². The number of pyridine rings is 1. The maximum Gasteiger partial charge on any atom is 0.417 e. The van der Waals surface area contributed by atoms with Crippen LogP contribution in [0.1, 0.15) is 24.5 Å². The van der Waals surface area contributed by atoms with Crippen LogP contribution in [0.2, 0.25) is 5.02 Å². The number of aryl methyl sites for hydroxylation is 1. The molecule has 0 amide bonds. The zero-order valence-electron chi connectivity index (χ0n) is 16.0. The fourth-order valence-corrected chi connectivity index (χ4v) is 2.73. The fourth-order valence-electron chi connectivity index (χ4n) is 2.38. The predicted octanol–water partition coefficient (Wildman–Crippen LogP) is 6.18. The average molecular weight is 466 g/mol. The third-order valence-corrected chi connectivity index (χ3v) is 4.26. The Morgan fingerprint density at radius 2 is 1.90 bits per heavy atom. The highest BCUT2D eigenvalue weighted by Gasteiger charge is 2.30. The van der Waals surface area contributed by atoms with Crippen LogP contribution in [0.4, 0.5) is 13.2 Å². The highest BCUT2D eigenvalue weighted by Crippen LogP contribution is 2.34. The molecule has 0 radical (unpaired) electrons. The van der Waals surface area contributed by atoms with Crippen LogP contribution in [0, 0.1) is 0 Å². The second-order valence-electron chi connectivity index (χ2n) is 6.02. The largest absolute Gasteiger partial charge is 0.499 e. The van der Waals surface area contributed by atoms with Gasteiger partial charge in [-0.3, -0.25) is 0 Å². The van der Waals surface area contributed by atoms with E-state index in [4.69, 9.17) is 42.5 Å². The molecule has 164 valence electrons. The van der Waals surface area contributed by atoms with E-state index in [1.165, 1.54) is 12.1 Å². The number of aromatic nitrogens is 1. The Morgan fingerprint density at radius 1 is 1.17 bits per heavy atom. The van der Waals surface area contributed by atoms with Gasteiger partial charge in [-0.25, -0.2) is 4.98 Å². The second-order valence-corrected chi connectivity index (χ2v) is 6.81. The number of benzene rings is 1. The molecule has 30 heavy (non-hydrogen) atoms. The van der Waals surface area contributed by atoms with Crippen molar-refractivity contribution in [1.82, 2.24) is 4.98 Å². The van der Waals surface area contributed by atoms with E-state index in [2.05, 4.69) is 4.98 Å². The van der Waals surface area contributed by atoms with Crippen LogP contribution < -0.4 is 14.2 Å². The van der Waals surface area contributed by atoms with Crippen LogP contribution in [0.15, 0.2) is 41.8 Å². The molecule has 0 fully saturated rings. The zero-order valence-corrected chi connectivity index (χ0v) is 17.5. The first-order valence-corrected chi connectivity index (χ1v) is 9.75. The van der Waals surface area contributed by atoms with Crippen LogP contribution in [0.5, 0.6) is 17.4 Å². The number of alkyl halides is 3. The molecule has 10 heteroatoms. The third kappa shape index (κ3) is 7.50. The summed E-state index contributed by atoms with van der Waals surface area (Å²) in [4.78, 5) is 3.64. The highest BCUT2D eigenvalue weighted by molar-refractivity contribution is 6.32. The molecule has 1 heterocycles. The van der Waals surface area contributed by atoms with Crippen LogP contribution in [-0.2, 0) is 12.6 Å². The molecule has 0 aliphatic rings. The number of aliphatic hydroxyl groups is 1. The van der Waals surface area contributed by atoms with E-state index >= 15 is 0 Å². The molecule has 0 aliphatic heterocycles. The molecule has 1 aromatic heterocycles. The number of rotatable bonds is 10. The normalized spacial score (nSPS) is 12.0. The Balaban J connectivity index is 1.84. The van der Waals surface area contributed by atoms with Gasteiger partial charge in [0.25, 0.3) is 0 Å². The van der Waals surface area contributed by atoms with Gasteiger partial charge in [-0.2, -0.15) is 13.2 Å². The lowest BCUT2D eigenvalue weighted by atomic mass is 10.1. The maximum absolute atomic E-state index is 12.5. The lowest BCUT2D eigenvalue weighted by Gasteiger charge is -2.15. The van der Waals surface area contributed by atoms with Crippen molar-refractivity contribution in [1.29, 1.82) is 0 Å². The molecule has 2 aromatic rings. The Morgan fingerprint density at radius 3 is 2.50 bits per heavy atom. The van der Waals surface area contributed by atoms with Gasteiger partial charge in [0.15, 0.2) is 5.22 Å². The van der Waals surface area contributed by atoms with Gasteiger partial charge in [-0.1, -0.05) is 18.5 Å². The van der Waals surface area contributed by atoms with Crippen LogP contribution in [0.3, 0.4) is 0 Å². The summed E-state index contributed by atoms with van der Waals surface area (Å²) in [5.41, 5.74) is 0.00438. The van der Waals surface area contributed by atoms with Crippen molar-refractivity contribution in [2.45, 2.75) is 25.9 Å². The van der Waals surface area contributed by atoms with Crippen molar-refractivity contribution < 1.29 is 32.5 Å². The maximum atomic E-state index is 12.5. The molecule has 2 rings (SSSR count). The molecule has 0 unspecified atom stereocenters. The van der Waals surface area contributed by atoms with Crippen molar-refractivity contribution in [3.63, 3.8) is 0 Å². The third-order valence-electron chi connectivity index (χ3n) is 3.83. The minimum absolute atomic E-state index is 0.0876. The van der Waals surface area contributed by atoms with Crippen molar-refractivity contribution in [2.24, 2.45) is 0 Å². The number of nitrogens with zero attached hydrogens (tertiary/aromatic N) is 1. The summed E-state index contributed by atoms with van der Waals surface area (Å²) in [7, 11) is 0. The summed E-state index contributed by atoms with van der Waals surface area (Å²) in [6.07, 6.45) is -1.28. The molecule has 0 saturated heterocycles. The molecule has 1 N–H and O–H groups in total. The average Bonchev–Trinajstić information content (AvgIpc) is 2.68. The fraction of sp³-hybridized carbons (Fsp3) is 0.350. The summed E-state index contributed by atoms with van der Waals surface area (Å²) >= 11 is 11.6. The summed E-state index contributed by atoms with van der Waals surface area (Å²) in [6.45, 7) is 2.53. The van der Waals surface area contributed by atoms with Gasteiger partial charge >= 0.3 is 6.18 Å². The van der Waals surface area contributed by atoms with Crippen molar-refractivity contribution in [2.75, 3.05) is 19.8 Å². The topological polar surface area (TPSA) is 60.8 Å². The van der Waals surface area contributed by atoms with Crippen molar-refractivity contribution in [3.05, 3.63) is 57.9 Å². The first kappa shape index (κ1) is 24.0. The summed E-state index contributed by atoms with van der Waals surface area (Å²) < 4.78 is 54.1. The first-order chi connectivity index (χ1) is 14.2. The molecule has 0 spiro atoms. The van der Waals surface area contributed by atoms with E-state index in [9.17, 15) is 13.2 Å². The number of hydrogen-bond acceptors (Lipinski definition) is 5. The predicted molar refractivity (Wildman–Crippen MR) is 108 cm³/mol. The van der Waals surface area contributed by atoms with E-state index in [0.717, 1.165) is 17.8 Å². The SMILES string of the molecule is CCc1cc(OC/C=C(\O)Cl)cc(Cl)c1OCCCOc1ccc(C(F)(F)F)cn1. The van der Waals surface area contributed by atoms with Crippen LogP contribution in [0.25, 0.3) is 0 Å². The second kappa shape index (κ2) is 11.2. The van der Waals surface area contributed by atoms with Crippen molar-refractivity contribution >= 4 is 23.2 Å². The lowest BCUT2D eigenvalue weighted by molar-refractivity contribution is -0.137. The minimum atomic E-state index is -4.43. The lowest BCUT2D eigenvalue weighted by Crippen LogP contribution is -2.08. The monoisotopic (exact) mass is 465 g/mol. The molecular weight excluding hydrogens is 446 g/mol. The van der Waals surface area contributed by atoms with E-state index in [-0.39, 0.29) is 30.9 Å². The van der Waals surface area contributed by atoms with Crippen molar-refractivity contribution in [3.8, 4) is 17.4 Å². The van der Waals surface area contributed by atoms with E-state index in [1.807, 2.05) is 6.92 Å². The van der Waals surface area contributed by atoms with Gasteiger partial charge in [0.1, 0.15) is 18.1 Å². The smallest absolute Gasteiger partial charge is 0.417 e. The summed E-state index contributed by atoms with van der Waals surface area (Å²) in [6, 6.07) is 5.47. The Labute approximate surface area is 182 Å². The molecule has 0 bridgehead atoms. The van der Waals surface area contributed by atoms with Gasteiger partial charge in [0, 0.05) is 30.8 Å². The molecule has 0 atom stereocenters. The van der Waals surface area contributed by atoms with Crippen LogP contribution in [-0.4, -0.2) is 29.9 Å². The highest BCUT2D eigenvalue weighted by atomic mass is 35.5. The Kier molecular flexibility index (Phi) is 8.92. The standard InChI is InChI=1S/C20H20Cl2F3NO4/c1-2-13-10-15(28-9-6-17(22)27)11-16(21)19(13)30-8-3-7-29-18-5-4-14(12-26-18)20(23,24)25/h4-6,10-12,27H,2-3,7-9H2,1H3/b17-6-. The molecule has 0 saturated carbocycles. The van der Waals surface area contributed by atoms with E-state index in [0.29, 0.717) is 29.4 Å². The molecule has 1 aromatic carbocycles. The molecule has 5 nitrogen and oxygen atoms in total. The number of hydrogen-bond donors (Lipinski definition) is 1. The summed E-state index contributed by atoms with van der Waals surface area (Å²) in [5, 5.41) is 8.94. The minimum Gasteiger partial charge on any atom is -0.499 e. The number of halogens is 5. The van der Waals surface area contributed by atoms with Gasteiger partial charge in [0.05, 0.1) is 23.8 Å². The van der Waals surface area contributed by atoms with Gasteiger partial charge in [-0.05, 0) is 35.7 Å². The molecule has 0 aliphatic carbocycles. The van der Waals surface area contributed by atoms with E-state index in [1.54, 1.807) is 12.1 Å². The first-order valence-electron chi connectivity index (χ1n) is 8.99.